The molecule has 0 aromatic heterocycles. The summed E-state index contributed by atoms with van der Waals surface area (Å²) in [5, 5.41) is 0. The first kappa shape index (κ1) is 32.6. The molecule has 0 aliphatic heterocycles. The number of rotatable bonds is 18. The number of hydrogen-bond acceptors (Lipinski definition) is 7. The van der Waals surface area contributed by atoms with Gasteiger partial charge in [0.2, 0.25) is 0 Å². The first-order chi connectivity index (χ1) is 11.8. The summed E-state index contributed by atoms with van der Waals surface area (Å²) in [5.74, 6) is -1.05. The van der Waals surface area contributed by atoms with Crippen LogP contribution in [0, 0.1) is 0 Å². The van der Waals surface area contributed by atoms with E-state index in [0.717, 1.165) is 51.4 Å². The average molecular weight is 611 g/mol. The molecule has 0 amide bonds. The molecule has 3 N–H and O–H groups in total. The zero-order valence-electron chi connectivity index (χ0n) is 17.0. The van der Waals surface area contributed by atoms with Gasteiger partial charge in [-0.1, -0.05) is 78.1 Å². The van der Waals surface area contributed by atoms with Crippen molar-refractivity contribution >= 4 is 15.2 Å². The Morgan fingerprint density at radius 3 is 1.26 bits per heavy atom. The Morgan fingerprint density at radius 2 is 0.926 bits per heavy atom. The van der Waals surface area contributed by atoms with Crippen molar-refractivity contribution in [2.45, 2.75) is 90.9 Å². The van der Waals surface area contributed by atoms with E-state index in [1.54, 1.807) is 0 Å². The van der Waals surface area contributed by atoms with Gasteiger partial charge in [-0.15, -0.1) is 0 Å². The zero-order valence-corrected chi connectivity index (χ0v) is 21.0. The maximum atomic E-state index is 11.7. The molecule has 7 nitrogen and oxygen atoms in total. The second-order valence-electron chi connectivity index (χ2n) is 6.57. The molecular weight excluding hydrogens is 571 g/mol. The van der Waals surface area contributed by atoms with E-state index in [0.29, 0.717) is 12.8 Å². The molecule has 0 aromatic carbocycles. The first-order valence-corrected chi connectivity index (χ1v) is 13.2. The Labute approximate surface area is 180 Å². The molecule has 2 atom stereocenters. The quantitative estimate of drug-likeness (QED) is 0.171. The Hall–Kier alpha value is 0.948. The molecule has 10 heteroatoms. The third-order valence-corrected chi connectivity index (χ3v) is 7.84. The molecule has 0 bridgehead atoms. The largest absolute Gasteiger partial charge is 2.00 e. The van der Waals surface area contributed by atoms with Crippen LogP contribution in [0.5, 0.6) is 0 Å². The van der Waals surface area contributed by atoms with E-state index in [1.165, 1.54) is 12.8 Å². The minimum atomic E-state index is -4.40. The van der Waals surface area contributed by atoms with E-state index in [9.17, 15) is 18.9 Å². The summed E-state index contributed by atoms with van der Waals surface area (Å²) in [5.41, 5.74) is 0. The van der Waals surface area contributed by atoms with E-state index in [1.807, 2.05) is 0 Å². The molecule has 27 heavy (non-hydrogen) atoms. The number of unbranched alkanes of at least 4 members (excludes halogenated alkanes) is 10. The van der Waals surface area contributed by atoms with Crippen LogP contribution in [0.25, 0.3) is 0 Å². The van der Waals surface area contributed by atoms with Gasteiger partial charge in [0.1, 0.15) is 15.2 Å². The third-order valence-electron chi connectivity index (χ3n) is 3.92. The minimum Gasteiger partial charge on any atom is -0.778 e. The molecule has 0 saturated heterocycles. The van der Waals surface area contributed by atoms with E-state index in [2.05, 4.69) is 13.8 Å². The van der Waals surface area contributed by atoms with Gasteiger partial charge in [-0.25, -0.2) is 0 Å². The van der Waals surface area contributed by atoms with Crippen molar-refractivity contribution in [2.75, 3.05) is 19.1 Å². The Kier molecular flexibility index (Phi) is 24.4. The molecular formula is C17H39NO6P2Pt. The van der Waals surface area contributed by atoms with E-state index in [4.69, 9.17) is 9.05 Å². The Morgan fingerprint density at radius 1 is 0.630 bits per heavy atom. The van der Waals surface area contributed by atoms with Gasteiger partial charge in [-0.05, 0) is 12.8 Å². The van der Waals surface area contributed by atoms with Crippen molar-refractivity contribution in [3.05, 3.63) is 0 Å². The van der Waals surface area contributed by atoms with Crippen LogP contribution in [0.15, 0.2) is 0 Å². The van der Waals surface area contributed by atoms with Gasteiger partial charge in [-0.2, -0.15) is 0 Å². The van der Waals surface area contributed by atoms with Crippen molar-refractivity contribution in [3.63, 3.8) is 0 Å². The zero-order chi connectivity index (χ0) is 19.0. The Balaban J connectivity index is -0.00000288. The predicted octanol–water partition coefficient (Wildman–Crippen LogP) is 4.96. The fourth-order valence-electron chi connectivity index (χ4n) is 2.47. The molecule has 0 rings (SSSR count). The molecule has 0 heterocycles. The topological polar surface area (TPSA) is 134 Å². The van der Waals surface area contributed by atoms with Crippen molar-refractivity contribution in [3.8, 4) is 0 Å². The van der Waals surface area contributed by atoms with Crippen LogP contribution >= 0.6 is 15.2 Å². The second-order valence-corrected chi connectivity index (χ2v) is 10.7. The second kappa shape index (κ2) is 20.2. The van der Waals surface area contributed by atoms with Crippen LogP contribution in [0.4, 0.5) is 0 Å². The van der Waals surface area contributed by atoms with Gasteiger partial charge >= 0.3 is 21.1 Å². The van der Waals surface area contributed by atoms with E-state index in [-0.39, 0.29) is 40.4 Å². The summed E-state index contributed by atoms with van der Waals surface area (Å²) in [4.78, 5) is 23.5. The monoisotopic (exact) mass is 610 g/mol. The van der Waals surface area contributed by atoms with Crippen molar-refractivity contribution in [1.82, 2.24) is 6.15 Å². The smallest absolute Gasteiger partial charge is 0.778 e. The Bertz CT molecular complexity index is 379. The fraction of sp³-hybridized carbons (Fsp3) is 1.00. The van der Waals surface area contributed by atoms with Gasteiger partial charge in [-0.3, -0.25) is 0 Å². The van der Waals surface area contributed by atoms with Gasteiger partial charge in [0.05, 0.1) is 19.1 Å². The normalized spacial score (nSPS) is 15.3. The van der Waals surface area contributed by atoms with Crippen LogP contribution < -0.4 is 15.9 Å². The maximum Gasteiger partial charge on any atom is 2.00 e. The van der Waals surface area contributed by atoms with Crippen LogP contribution in [0.3, 0.4) is 0 Å². The summed E-state index contributed by atoms with van der Waals surface area (Å²) in [6.45, 7) is 4.35. The molecule has 0 fully saturated rings. The molecule has 0 aliphatic carbocycles. The molecule has 168 valence electrons. The van der Waals surface area contributed by atoms with Crippen LogP contribution in [-0.2, 0) is 39.2 Å². The van der Waals surface area contributed by atoms with Gasteiger partial charge < -0.3 is 34.1 Å². The summed E-state index contributed by atoms with van der Waals surface area (Å²) in [6, 6.07) is 0. The molecule has 0 aromatic rings. The molecule has 0 spiro atoms. The molecule has 0 aliphatic rings. The van der Waals surface area contributed by atoms with Crippen molar-refractivity contribution in [2.24, 2.45) is 0 Å². The number of hydrogen-bond donors (Lipinski definition) is 1. The SMILES string of the molecule is CCCCCCCCOP(=O)([O-])CP(=O)([O-])OCCCCCCCC.N.[Pt+2]. The standard InChI is InChI=1S/C17H38O6P2.H3N.Pt/c1-3-5-7-9-11-13-15-22-24(18,19)17-25(20,21)23-16-14-12-10-8-6-4-2;;/h3-17H2,1-2H3,(H,18,19)(H,20,21);1H3;/q;;+2/p-2. The van der Waals surface area contributed by atoms with Crippen LogP contribution in [0.1, 0.15) is 90.9 Å². The first-order valence-electron chi connectivity index (χ1n) is 9.72. The predicted molar refractivity (Wildman–Crippen MR) is 104 cm³/mol. The van der Waals surface area contributed by atoms with E-state index >= 15 is 0 Å². The maximum absolute atomic E-state index is 11.7. The van der Waals surface area contributed by atoms with Gasteiger partial charge in [0, 0.05) is 0 Å². The minimum absolute atomic E-state index is 0. The molecule has 0 radical (unpaired) electrons. The summed E-state index contributed by atoms with van der Waals surface area (Å²) < 4.78 is 33.1. The fourth-order valence-corrected chi connectivity index (χ4v) is 5.63. The van der Waals surface area contributed by atoms with Gasteiger partial charge in [0.15, 0.2) is 0 Å². The van der Waals surface area contributed by atoms with Crippen molar-refractivity contribution < 1.29 is 49.0 Å². The summed E-state index contributed by atoms with van der Waals surface area (Å²) >= 11 is 0. The average Bonchev–Trinajstić information content (AvgIpc) is 2.52. The van der Waals surface area contributed by atoms with E-state index < -0.39 is 21.1 Å². The summed E-state index contributed by atoms with van der Waals surface area (Å²) in [6.07, 6.45) is 12.0. The van der Waals surface area contributed by atoms with Gasteiger partial charge in [0.25, 0.3) is 0 Å². The summed E-state index contributed by atoms with van der Waals surface area (Å²) in [7, 11) is -8.79. The van der Waals surface area contributed by atoms with Crippen LogP contribution in [-0.4, -0.2) is 19.1 Å². The molecule has 2 unspecified atom stereocenters. The van der Waals surface area contributed by atoms with Crippen LogP contribution in [0.2, 0.25) is 0 Å². The third kappa shape index (κ3) is 23.1. The molecule has 0 saturated carbocycles. The van der Waals surface area contributed by atoms with Crippen molar-refractivity contribution in [1.29, 1.82) is 0 Å².